The summed E-state index contributed by atoms with van der Waals surface area (Å²) in [5.41, 5.74) is 1.21. The lowest BCUT2D eigenvalue weighted by Crippen LogP contribution is -2.39. The maximum absolute atomic E-state index is 15.2. The molecule has 0 spiro atoms. The summed E-state index contributed by atoms with van der Waals surface area (Å²) in [4.78, 5) is 38.8. The van der Waals surface area contributed by atoms with Crippen molar-refractivity contribution in [3.8, 4) is 5.69 Å². The third-order valence-electron chi connectivity index (χ3n) is 8.00. The summed E-state index contributed by atoms with van der Waals surface area (Å²) in [7, 11) is 0. The predicted octanol–water partition coefficient (Wildman–Crippen LogP) is 3.27. The highest BCUT2D eigenvalue weighted by molar-refractivity contribution is 6.13. The van der Waals surface area contributed by atoms with Gasteiger partial charge in [-0.3, -0.25) is 19.3 Å². The molecule has 1 fully saturated rings. The zero-order valence-corrected chi connectivity index (χ0v) is 24.9. The standard InChI is InChI=1S/C32H36F3N6O3/c1-32(2,3)31(36-16-22-18-38(19-25(22)35)28(42)13-14-39-29(43)11-12-30(39)44)27-20-41(26-15-23(33)9-10-24(26)34)37-40(27)17-21-7-5-4-6-8-21/h4-12,15,20,22,25,31,36H,13-14,16-19H2,1-3H3/q+1/t22-,25+,31+/m1/s1. The summed E-state index contributed by atoms with van der Waals surface area (Å²) in [6.07, 6.45) is 2.64. The molecule has 1 saturated heterocycles. The van der Waals surface area contributed by atoms with Crippen LogP contribution in [-0.4, -0.2) is 69.8 Å². The van der Waals surface area contributed by atoms with Crippen LogP contribution in [0.2, 0.25) is 0 Å². The Balaban J connectivity index is 1.34. The molecule has 0 unspecified atom stereocenters. The summed E-state index contributed by atoms with van der Waals surface area (Å²) in [5.74, 6) is -2.97. The average Bonchev–Trinajstić information content (AvgIpc) is 3.65. The molecule has 0 saturated carbocycles. The monoisotopic (exact) mass is 609 g/mol. The van der Waals surface area contributed by atoms with E-state index < -0.39 is 41.0 Å². The number of halogens is 3. The van der Waals surface area contributed by atoms with Gasteiger partial charge in [0.05, 0.1) is 17.8 Å². The number of imide groups is 1. The van der Waals surface area contributed by atoms with Crippen molar-refractivity contribution in [2.75, 3.05) is 26.2 Å². The van der Waals surface area contributed by atoms with E-state index in [0.29, 0.717) is 12.2 Å². The van der Waals surface area contributed by atoms with Gasteiger partial charge >= 0.3 is 0 Å². The summed E-state index contributed by atoms with van der Waals surface area (Å²) in [6, 6.07) is 12.4. The van der Waals surface area contributed by atoms with E-state index in [4.69, 9.17) is 0 Å². The van der Waals surface area contributed by atoms with Gasteiger partial charge in [-0.25, -0.2) is 13.2 Å². The van der Waals surface area contributed by atoms with Gasteiger partial charge in [0.2, 0.25) is 5.91 Å². The second-order valence-corrected chi connectivity index (χ2v) is 12.3. The van der Waals surface area contributed by atoms with E-state index >= 15 is 4.39 Å². The molecule has 44 heavy (non-hydrogen) atoms. The number of aromatic nitrogens is 3. The van der Waals surface area contributed by atoms with Gasteiger partial charge < -0.3 is 10.2 Å². The second kappa shape index (κ2) is 12.7. The molecule has 3 aromatic rings. The SMILES string of the molecule is CC(C)(C)[C@@H](NC[C@@H]1CN(C(=O)CCN2C(=O)C=CC2=O)C[C@@H]1F)c1c[n+](-c2cc(F)ccc2F)nn1Cc1ccccc1. The van der Waals surface area contributed by atoms with Gasteiger partial charge in [0.1, 0.15) is 18.5 Å². The van der Waals surface area contributed by atoms with E-state index in [2.05, 4.69) is 10.5 Å². The summed E-state index contributed by atoms with van der Waals surface area (Å²) < 4.78 is 47.1. The molecule has 3 heterocycles. The van der Waals surface area contributed by atoms with Gasteiger partial charge in [0.15, 0.2) is 23.4 Å². The predicted molar refractivity (Wildman–Crippen MR) is 155 cm³/mol. The van der Waals surface area contributed by atoms with Gasteiger partial charge in [0, 0.05) is 50.2 Å². The van der Waals surface area contributed by atoms with E-state index in [0.717, 1.165) is 40.8 Å². The molecule has 0 radical (unpaired) electrons. The van der Waals surface area contributed by atoms with Gasteiger partial charge in [-0.05, 0) is 23.1 Å². The maximum atomic E-state index is 15.2. The molecule has 232 valence electrons. The molecular formula is C32H36F3N6O3+. The van der Waals surface area contributed by atoms with Crippen molar-refractivity contribution in [3.63, 3.8) is 0 Å². The lowest BCUT2D eigenvalue weighted by molar-refractivity contribution is -0.663. The number of amides is 3. The van der Waals surface area contributed by atoms with E-state index in [1.165, 1.54) is 9.58 Å². The highest BCUT2D eigenvalue weighted by atomic mass is 19.1. The number of nitrogens with zero attached hydrogens (tertiary/aromatic N) is 5. The molecular weight excluding hydrogens is 573 g/mol. The first-order chi connectivity index (χ1) is 20.9. The van der Waals surface area contributed by atoms with Crippen LogP contribution in [0.4, 0.5) is 13.2 Å². The first-order valence-corrected chi connectivity index (χ1v) is 14.6. The van der Waals surface area contributed by atoms with Gasteiger partial charge in [-0.1, -0.05) is 55.8 Å². The molecule has 5 rings (SSSR count). The second-order valence-electron chi connectivity index (χ2n) is 12.3. The van der Waals surface area contributed by atoms with Crippen LogP contribution in [0.5, 0.6) is 0 Å². The van der Waals surface area contributed by atoms with E-state index in [1.807, 2.05) is 51.1 Å². The first-order valence-electron chi connectivity index (χ1n) is 14.6. The van der Waals surface area contributed by atoms with Crippen LogP contribution in [0.3, 0.4) is 0 Å². The van der Waals surface area contributed by atoms with Crippen LogP contribution >= 0.6 is 0 Å². The highest BCUT2D eigenvalue weighted by Gasteiger charge is 2.39. The van der Waals surface area contributed by atoms with Crippen molar-refractivity contribution < 1.29 is 32.2 Å². The Morgan fingerprint density at radius 2 is 1.77 bits per heavy atom. The van der Waals surface area contributed by atoms with Crippen LogP contribution < -0.4 is 10.00 Å². The van der Waals surface area contributed by atoms with Crippen molar-refractivity contribution in [3.05, 3.63) is 89.8 Å². The van der Waals surface area contributed by atoms with Crippen LogP contribution in [0.15, 0.2) is 66.9 Å². The topological polar surface area (TPSA) is 91.4 Å². The Kier molecular flexibility index (Phi) is 9.00. The van der Waals surface area contributed by atoms with Gasteiger partial charge in [-0.2, -0.15) is 0 Å². The van der Waals surface area contributed by atoms with Crippen molar-refractivity contribution in [2.24, 2.45) is 11.3 Å². The lowest BCUT2D eigenvalue weighted by atomic mass is 9.84. The number of carbonyl (C=O) groups excluding carboxylic acids is 3. The third-order valence-corrected chi connectivity index (χ3v) is 8.00. The summed E-state index contributed by atoms with van der Waals surface area (Å²) in [5, 5.41) is 8.10. The van der Waals surface area contributed by atoms with E-state index in [9.17, 15) is 23.2 Å². The Morgan fingerprint density at radius 3 is 2.45 bits per heavy atom. The Labute approximate surface area is 253 Å². The van der Waals surface area contributed by atoms with E-state index in [-0.39, 0.29) is 50.2 Å². The quantitative estimate of drug-likeness (QED) is 0.282. The summed E-state index contributed by atoms with van der Waals surface area (Å²) >= 11 is 0. The number of alkyl halides is 1. The molecule has 3 amide bonds. The number of carbonyl (C=O) groups is 3. The fourth-order valence-electron chi connectivity index (χ4n) is 5.64. The normalized spacial score (nSPS) is 19.3. The Hall–Kier alpha value is -4.32. The van der Waals surface area contributed by atoms with Crippen molar-refractivity contribution in [1.82, 2.24) is 25.0 Å². The van der Waals surface area contributed by atoms with Crippen LogP contribution in [0.1, 0.15) is 44.5 Å². The fourth-order valence-corrected chi connectivity index (χ4v) is 5.64. The molecule has 1 aromatic heterocycles. The molecule has 2 aliphatic rings. The smallest absolute Gasteiger partial charge is 0.253 e. The minimum absolute atomic E-state index is 0.0346. The molecule has 0 bridgehead atoms. The third kappa shape index (κ3) is 6.91. The highest BCUT2D eigenvalue weighted by Crippen LogP contribution is 2.33. The van der Waals surface area contributed by atoms with Gasteiger partial charge in [0.25, 0.3) is 11.8 Å². The minimum Gasteiger partial charge on any atom is -0.339 e. The molecule has 12 heteroatoms. The zero-order chi connectivity index (χ0) is 31.6. The van der Waals surface area contributed by atoms with Crippen molar-refractivity contribution >= 4 is 17.7 Å². The molecule has 2 aromatic carbocycles. The van der Waals surface area contributed by atoms with Gasteiger partial charge in [-0.15, -0.1) is 4.68 Å². The average molecular weight is 610 g/mol. The lowest BCUT2D eigenvalue weighted by Gasteiger charge is -2.30. The molecule has 9 nitrogen and oxygen atoms in total. The maximum Gasteiger partial charge on any atom is 0.253 e. The van der Waals surface area contributed by atoms with E-state index in [1.54, 1.807) is 10.9 Å². The summed E-state index contributed by atoms with van der Waals surface area (Å²) in [6.45, 7) is 6.72. The molecule has 1 N–H and O–H groups in total. The largest absolute Gasteiger partial charge is 0.339 e. The Morgan fingerprint density at radius 1 is 1.07 bits per heavy atom. The number of nitrogens with one attached hydrogen (secondary N) is 1. The number of rotatable bonds is 10. The molecule has 2 aliphatic heterocycles. The molecule has 3 atom stereocenters. The van der Waals surface area contributed by atoms with Crippen LogP contribution in [0.25, 0.3) is 5.69 Å². The first kappa shape index (κ1) is 31.1. The number of benzene rings is 2. The van der Waals surface area contributed by atoms with Crippen molar-refractivity contribution in [2.45, 2.75) is 46.0 Å². The minimum atomic E-state index is -1.27. The fraction of sp³-hybridized carbons (Fsp3) is 0.406. The number of hydrogen-bond donors (Lipinski definition) is 1. The van der Waals surface area contributed by atoms with Crippen LogP contribution in [-0.2, 0) is 20.9 Å². The number of hydrogen-bond acceptors (Lipinski definition) is 5. The zero-order valence-electron chi connectivity index (χ0n) is 24.9. The van der Waals surface area contributed by atoms with Crippen LogP contribution in [0, 0.1) is 23.0 Å². The number of likely N-dealkylation sites (tertiary alicyclic amines) is 1. The van der Waals surface area contributed by atoms with Crippen molar-refractivity contribution in [1.29, 1.82) is 0 Å². The molecule has 0 aliphatic carbocycles. The Bertz CT molecular complexity index is 1550.